The second-order valence-electron chi connectivity index (χ2n) is 5.29. The van der Waals surface area contributed by atoms with E-state index >= 15 is 0 Å². The normalized spacial score (nSPS) is 38.9. The van der Waals surface area contributed by atoms with Crippen molar-refractivity contribution in [1.82, 2.24) is 0 Å². The highest BCUT2D eigenvalue weighted by molar-refractivity contribution is 6.26. The highest BCUT2D eigenvalue weighted by atomic mass is 35.5. The fourth-order valence-electron chi connectivity index (χ4n) is 3.32. The third kappa shape index (κ3) is 1.34. The number of hydrogen-bond donors (Lipinski definition) is 0. The fraction of sp³-hybridized carbons (Fsp3) is 0.333. The number of aliphatic imine (C=N–C) groups is 1. The van der Waals surface area contributed by atoms with Gasteiger partial charge in [0.25, 0.3) is 0 Å². The molecule has 4 heteroatoms. The minimum atomic E-state index is -0.897. The van der Waals surface area contributed by atoms with Crippen LogP contribution in [0.3, 0.4) is 0 Å². The molecule has 2 bridgehead atoms. The molecular weight excluding hydrogens is 262 g/mol. The van der Waals surface area contributed by atoms with Gasteiger partial charge in [-0.2, -0.15) is 0 Å². The molecule has 0 saturated heterocycles. The fourth-order valence-corrected chi connectivity index (χ4v) is 3.81. The molecule has 0 aromatic heterocycles. The molecule has 1 aliphatic heterocycles. The summed E-state index contributed by atoms with van der Waals surface area (Å²) in [5.74, 6) is 0.409. The smallest absolute Gasteiger partial charge is 0.343 e. The van der Waals surface area contributed by atoms with Crippen molar-refractivity contribution in [2.45, 2.75) is 17.3 Å². The predicted molar refractivity (Wildman–Crippen MR) is 72.2 cm³/mol. The number of ether oxygens (including phenoxy) is 1. The summed E-state index contributed by atoms with van der Waals surface area (Å²) in [6.45, 7) is 0. The van der Waals surface area contributed by atoms with Crippen LogP contribution in [0.25, 0.3) is 0 Å². The molecular formula is C15H12ClNO2. The van der Waals surface area contributed by atoms with Crippen molar-refractivity contribution in [2.75, 3.05) is 0 Å². The average molecular weight is 274 g/mol. The molecule has 0 N–H and O–H groups in total. The molecule has 2 unspecified atom stereocenters. The van der Waals surface area contributed by atoms with Crippen LogP contribution in [0, 0.1) is 11.8 Å². The maximum Gasteiger partial charge on any atom is 0.343 e. The SMILES string of the molecule is O=C1OC(c2ccccc2)=NC12C(Cl)[C@H]1C=C[C@@H]2C1. The quantitative estimate of drug-likeness (QED) is 0.448. The van der Waals surface area contributed by atoms with Gasteiger partial charge in [0.2, 0.25) is 5.90 Å². The lowest BCUT2D eigenvalue weighted by Crippen LogP contribution is -2.46. The number of carbonyl (C=O) groups excluding carboxylic acids is 1. The van der Waals surface area contributed by atoms with Crippen molar-refractivity contribution in [1.29, 1.82) is 0 Å². The van der Waals surface area contributed by atoms with Crippen molar-refractivity contribution < 1.29 is 9.53 Å². The standard InChI is InChI=1S/C15H12ClNO2/c16-12-10-6-7-11(8-10)15(12)14(18)19-13(17-15)9-4-2-1-3-5-9/h1-7,10-12H,8H2/t10-,11+,12?,15?/m0/s1. The number of cyclic esters (lactones) is 1. The number of benzene rings is 1. The van der Waals surface area contributed by atoms with Crippen LogP contribution in [0.15, 0.2) is 47.5 Å². The van der Waals surface area contributed by atoms with E-state index < -0.39 is 5.54 Å². The number of allylic oxidation sites excluding steroid dienone is 1. The summed E-state index contributed by atoms with van der Waals surface area (Å²) in [6, 6.07) is 9.49. The molecule has 1 aromatic rings. The molecule has 4 rings (SSSR count). The predicted octanol–water partition coefficient (Wildman–Crippen LogP) is 2.54. The van der Waals surface area contributed by atoms with Gasteiger partial charge in [-0.05, 0) is 24.5 Å². The van der Waals surface area contributed by atoms with E-state index in [4.69, 9.17) is 16.3 Å². The van der Waals surface area contributed by atoms with Gasteiger partial charge in [0.15, 0.2) is 5.54 Å². The maximum absolute atomic E-state index is 12.3. The lowest BCUT2D eigenvalue weighted by molar-refractivity contribution is -0.139. The molecule has 0 amide bonds. The van der Waals surface area contributed by atoms with E-state index in [1.807, 2.05) is 30.3 Å². The maximum atomic E-state index is 12.3. The number of alkyl halides is 1. The lowest BCUT2D eigenvalue weighted by Gasteiger charge is -2.27. The van der Waals surface area contributed by atoms with Crippen molar-refractivity contribution in [3.63, 3.8) is 0 Å². The molecule has 1 fully saturated rings. The van der Waals surface area contributed by atoms with Crippen LogP contribution in [-0.2, 0) is 9.53 Å². The molecule has 3 aliphatic rings. The first-order valence-electron chi connectivity index (χ1n) is 6.42. The first-order valence-corrected chi connectivity index (χ1v) is 6.85. The van der Waals surface area contributed by atoms with E-state index in [2.05, 4.69) is 17.1 Å². The molecule has 96 valence electrons. The number of nitrogens with zero attached hydrogens (tertiary/aromatic N) is 1. The Bertz CT molecular complexity index is 610. The minimum Gasteiger partial charge on any atom is -0.405 e. The Morgan fingerprint density at radius 3 is 2.74 bits per heavy atom. The van der Waals surface area contributed by atoms with E-state index in [-0.39, 0.29) is 23.2 Å². The largest absolute Gasteiger partial charge is 0.405 e. The second kappa shape index (κ2) is 3.70. The molecule has 1 heterocycles. The molecule has 3 nitrogen and oxygen atoms in total. The van der Waals surface area contributed by atoms with Crippen LogP contribution in [0.2, 0.25) is 0 Å². The van der Waals surface area contributed by atoms with Gasteiger partial charge in [0, 0.05) is 11.5 Å². The Balaban J connectivity index is 1.81. The zero-order valence-electron chi connectivity index (χ0n) is 10.1. The van der Waals surface area contributed by atoms with Gasteiger partial charge in [-0.1, -0.05) is 30.4 Å². The van der Waals surface area contributed by atoms with Crippen LogP contribution in [0.1, 0.15) is 12.0 Å². The van der Waals surface area contributed by atoms with Gasteiger partial charge in [0.1, 0.15) is 0 Å². The van der Waals surface area contributed by atoms with Crippen molar-refractivity contribution in [3.05, 3.63) is 48.0 Å². The summed E-state index contributed by atoms with van der Waals surface area (Å²) < 4.78 is 5.40. The van der Waals surface area contributed by atoms with Gasteiger partial charge in [-0.15, -0.1) is 11.6 Å². The van der Waals surface area contributed by atoms with Gasteiger partial charge in [-0.3, -0.25) is 0 Å². The lowest BCUT2D eigenvalue weighted by atomic mass is 9.85. The summed E-state index contributed by atoms with van der Waals surface area (Å²) in [5, 5.41) is -0.295. The van der Waals surface area contributed by atoms with Crippen LogP contribution in [-0.4, -0.2) is 22.8 Å². The number of rotatable bonds is 1. The van der Waals surface area contributed by atoms with Gasteiger partial charge in [0.05, 0.1) is 5.38 Å². The number of esters is 1. The highest BCUT2D eigenvalue weighted by Crippen LogP contribution is 2.53. The molecule has 4 atom stereocenters. The molecule has 1 saturated carbocycles. The molecule has 1 spiro atoms. The minimum absolute atomic E-state index is 0.0775. The zero-order valence-corrected chi connectivity index (χ0v) is 10.9. The molecule has 19 heavy (non-hydrogen) atoms. The monoisotopic (exact) mass is 273 g/mol. The Labute approximate surface area is 115 Å². The highest BCUT2D eigenvalue weighted by Gasteiger charge is 2.64. The van der Waals surface area contributed by atoms with Gasteiger partial charge in [-0.25, -0.2) is 9.79 Å². The average Bonchev–Trinajstić information content (AvgIpc) is 3.09. The zero-order chi connectivity index (χ0) is 13.0. The van der Waals surface area contributed by atoms with Crippen LogP contribution in [0.4, 0.5) is 0 Å². The number of halogens is 1. The van der Waals surface area contributed by atoms with Crippen LogP contribution < -0.4 is 0 Å². The Hall–Kier alpha value is -1.61. The van der Waals surface area contributed by atoms with E-state index in [1.54, 1.807) is 0 Å². The third-order valence-electron chi connectivity index (χ3n) is 4.30. The molecule has 0 radical (unpaired) electrons. The Morgan fingerprint density at radius 2 is 2.05 bits per heavy atom. The summed E-state index contributed by atoms with van der Waals surface area (Å²) >= 11 is 6.46. The molecule has 2 aliphatic carbocycles. The number of carbonyl (C=O) groups is 1. The summed E-state index contributed by atoms with van der Waals surface area (Å²) in [6.07, 6.45) is 5.05. The summed E-state index contributed by atoms with van der Waals surface area (Å²) in [4.78, 5) is 16.9. The van der Waals surface area contributed by atoms with E-state index in [9.17, 15) is 4.79 Å². The second-order valence-corrected chi connectivity index (χ2v) is 5.76. The summed E-state index contributed by atoms with van der Waals surface area (Å²) in [7, 11) is 0. The van der Waals surface area contributed by atoms with Crippen LogP contribution in [0.5, 0.6) is 0 Å². The van der Waals surface area contributed by atoms with Crippen molar-refractivity contribution in [2.24, 2.45) is 16.8 Å². The first kappa shape index (κ1) is 11.2. The summed E-state index contributed by atoms with van der Waals surface area (Å²) in [5.41, 5.74) is -0.0741. The van der Waals surface area contributed by atoms with E-state index in [0.29, 0.717) is 5.90 Å². The van der Waals surface area contributed by atoms with E-state index in [0.717, 1.165) is 12.0 Å². The Kier molecular flexibility index (Phi) is 2.19. The third-order valence-corrected chi connectivity index (χ3v) is 4.96. The van der Waals surface area contributed by atoms with Gasteiger partial charge < -0.3 is 4.74 Å². The van der Waals surface area contributed by atoms with E-state index in [1.165, 1.54) is 0 Å². The molecule has 1 aromatic carbocycles. The number of hydrogen-bond acceptors (Lipinski definition) is 3. The van der Waals surface area contributed by atoms with Crippen molar-refractivity contribution in [3.8, 4) is 0 Å². The topological polar surface area (TPSA) is 38.7 Å². The Morgan fingerprint density at radius 1 is 1.26 bits per heavy atom. The van der Waals surface area contributed by atoms with Gasteiger partial charge >= 0.3 is 5.97 Å². The number of fused-ring (bicyclic) bond motifs is 3. The van der Waals surface area contributed by atoms with Crippen LogP contribution >= 0.6 is 11.6 Å². The first-order chi connectivity index (χ1) is 9.22. The van der Waals surface area contributed by atoms with Crippen molar-refractivity contribution >= 4 is 23.5 Å².